The van der Waals surface area contributed by atoms with Gasteiger partial charge in [0, 0.05) is 26.2 Å². The molecule has 1 amide bonds. The maximum atomic E-state index is 12.8. The van der Waals surface area contributed by atoms with Crippen molar-refractivity contribution >= 4 is 23.5 Å². The lowest BCUT2D eigenvalue weighted by Crippen LogP contribution is -2.39. The summed E-state index contributed by atoms with van der Waals surface area (Å²) in [5.41, 5.74) is 0.857. The van der Waals surface area contributed by atoms with E-state index >= 15 is 0 Å². The van der Waals surface area contributed by atoms with Crippen LogP contribution >= 0.6 is 11.6 Å². The van der Waals surface area contributed by atoms with Crippen LogP contribution in [0.4, 0.5) is 0 Å². The van der Waals surface area contributed by atoms with Gasteiger partial charge in [-0.15, -0.1) is 0 Å². The van der Waals surface area contributed by atoms with Gasteiger partial charge in [0.15, 0.2) is 11.5 Å². The Morgan fingerprint density at radius 2 is 1.85 bits per heavy atom. The highest BCUT2D eigenvalue weighted by Gasteiger charge is 2.23. The number of esters is 1. The largest absolute Gasteiger partial charge is 0.493 e. The Bertz CT molecular complexity index is 970. The van der Waals surface area contributed by atoms with Crippen LogP contribution in [0.2, 0.25) is 5.02 Å². The van der Waals surface area contributed by atoms with Gasteiger partial charge in [-0.3, -0.25) is 9.69 Å². The fourth-order valence-electron chi connectivity index (χ4n) is 3.73. The summed E-state index contributed by atoms with van der Waals surface area (Å²) in [6.07, 6.45) is 0.0628. The first kappa shape index (κ1) is 24.8. The molecule has 0 saturated carbocycles. The van der Waals surface area contributed by atoms with Gasteiger partial charge >= 0.3 is 5.97 Å². The number of hydrogen-bond donors (Lipinski definition) is 1. The van der Waals surface area contributed by atoms with Crippen molar-refractivity contribution in [3.8, 4) is 11.5 Å². The van der Waals surface area contributed by atoms with E-state index in [1.807, 2.05) is 0 Å². The second-order valence-electron chi connectivity index (χ2n) is 7.75. The third kappa shape index (κ3) is 6.60. The van der Waals surface area contributed by atoms with Gasteiger partial charge in [-0.1, -0.05) is 23.7 Å². The Morgan fingerprint density at radius 1 is 1.06 bits per heavy atom. The number of carbonyl (C=O) groups excluding carboxylic acids is 2. The predicted octanol–water partition coefficient (Wildman–Crippen LogP) is 2.72. The second kappa shape index (κ2) is 11.9. The number of halogens is 1. The molecule has 9 heteroatoms. The number of methoxy groups -OCH3 is 2. The molecule has 1 heterocycles. The van der Waals surface area contributed by atoms with Crippen molar-refractivity contribution in [1.29, 1.82) is 0 Å². The standard InChI is InChI=1S/C24H29ClN2O6/c1-31-22-14-17(24(30)32-2)8-9-21(22)33-16-18(28)15-26-10-5-11-27(13-12-26)23(29)19-6-3-4-7-20(19)25/h3-4,6-9,14,18,28H,5,10-13,15-16H2,1-2H3. The normalized spacial score (nSPS) is 15.5. The molecule has 8 nitrogen and oxygen atoms in total. The van der Waals surface area contributed by atoms with Gasteiger partial charge in [0.2, 0.25) is 0 Å². The van der Waals surface area contributed by atoms with E-state index in [4.69, 9.17) is 25.8 Å². The van der Waals surface area contributed by atoms with Crippen molar-refractivity contribution in [2.24, 2.45) is 0 Å². The monoisotopic (exact) mass is 476 g/mol. The summed E-state index contributed by atoms with van der Waals surface area (Å²) in [7, 11) is 2.79. The van der Waals surface area contributed by atoms with E-state index < -0.39 is 12.1 Å². The summed E-state index contributed by atoms with van der Waals surface area (Å²) in [5.74, 6) is 0.266. The highest BCUT2D eigenvalue weighted by Crippen LogP contribution is 2.28. The number of aliphatic hydroxyl groups excluding tert-OH is 1. The van der Waals surface area contributed by atoms with Crippen LogP contribution in [-0.2, 0) is 4.74 Å². The molecule has 2 aromatic rings. The lowest BCUT2D eigenvalue weighted by molar-refractivity contribution is 0.0597. The number of nitrogens with zero attached hydrogens (tertiary/aromatic N) is 2. The molecule has 0 bridgehead atoms. The van der Waals surface area contributed by atoms with Crippen LogP contribution in [0.25, 0.3) is 0 Å². The summed E-state index contributed by atoms with van der Waals surface area (Å²) in [4.78, 5) is 28.4. The maximum absolute atomic E-state index is 12.8. The molecule has 1 atom stereocenters. The Labute approximate surface area is 198 Å². The molecule has 1 N–H and O–H groups in total. The Hall–Kier alpha value is -2.81. The zero-order valence-corrected chi connectivity index (χ0v) is 19.6. The quantitative estimate of drug-likeness (QED) is 0.586. The van der Waals surface area contributed by atoms with Crippen LogP contribution in [0, 0.1) is 0 Å². The third-order valence-corrected chi connectivity index (χ3v) is 5.79. The first-order valence-electron chi connectivity index (χ1n) is 10.8. The van der Waals surface area contributed by atoms with Crippen LogP contribution in [0.5, 0.6) is 11.5 Å². The predicted molar refractivity (Wildman–Crippen MR) is 124 cm³/mol. The zero-order valence-electron chi connectivity index (χ0n) is 18.8. The average Bonchev–Trinajstić information content (AvgIpc) is 3.07. The molecule has 178 valence electrons. The van der Waals surface area contributed by atoms with Gasteiger partial charge in [0.05, 0.1) is 30.4 Å². The Balaban J connectivity index is 1.51. The summed E-state index contributed by atoms with van der Waals surface area (Å²) in [5, 5.41) is 11.0. The number of aliphatic hydroxyl groups is 1. The highest BCUT2D eigenvalue weighted by atomic mass is 35.5. The first-order chi connectivity index (χ1) is 15.9. The van der Waals surface area contributed by atoms with E-state index in [0.717, 1.165) is 13.0 Å². The van der Waals surface area contributed by atoms with E-state index in [9.17, 15) is 14.7 Å². The maximum Gasteiger partial charge on any atom is 0.337 e. The minimum Gasteiger partial charge on any atom is -0.493 e. The van der Waals surface area contributed by atoms with Crippen LogP contribution in [0.1, 0.15) is 27.1 Å². The molecule has 0 aromatic heterocycles. The number of hydrogen-bond acceptors (Lipinski definition) is 7. The molecule has 3 rings (SSSR count). The molecule has 0 aliphatic carbocycles. The van der Waals surface area contributed by atoms with Crippen molar-refractivity contribution in [2.45, 2.75) is 12.5 Å². The van der Waals surface area contributed by atoms with Crippen LogP contribution in [-0.4, -0.2) is 86.4 Å². The molecule has 0 spiro atoms. The number of rotatable bonds is 8. The molecule has 1 fully saturated rings. The molecule has 1 aliphatic heterocycles. The van der Waals surface area contributed by atoms with Gasteiger partial charge < -0.3 is 24.2 Å². The van der Waals surface area contributed by atoms with Gasteiger partial charge in [0.25, 0.3) is 5.91 Å². The molecule has 1 unspecified atom stereocenters. The van der Waals surface area contributed by atoms with Crippen molar-refractivity contribution < 1.29 is 28.9 Å². The fraction of sp³-hybridized carbons (Fsp3) is 0.417. The number of ether oxygens (including phenoxy) is 3. The van der Waals surface area contributed by atoms with Crippen LogP contribution < -0.4 is 9.47 Å². The van der Waals surface area contributed by atoms with E-state index in [0.29, 0.717) is 53.8 Å². The van der Waals surface area contributed by atoms with Gasteiger partial charge in [-0.25, -0.2) is 4.79 Å². The summed E-state index contributed by atoms with van der Waals surface area (Å²) in [6.45, 7) is 3.08. The van der Waals surface area contributed by atoms with Crippen molar-refractivity contribution in [2.75, 3.05) is 53.6 Å². The molecule has 1 saturated heterocycles. The third-order valence-electron chi connectivity index (χ3n) is 5.46. The van der Waals surface area contributed by atoms with Gasteiger partial charge in [-0.2, -0.15) is 0 Å². The van der Waals surface area contributed by atoms with E-state index in [2.05, 4.69) is 4.90 Å². The number of carbonyl (C=O) groups is 2. The SMILES string of the molecule is COC(=O)c1ccc(OCC(O)CN2CCCN(C(=O)c3ccccc3Cl)CC2)c(OC)c1. The number of β-amino-alcohol motifs (C(OH)–C–C–N with tert-alkyl or cyclic N) is 1. The van der Waals surface area contributed by atoms with Gasteiger partial charge in [-0.05, 0) is 43.3 Å². The van der Waals surface area contributed by atoms with Crippen molar-refractivity contribution in [1.82, 2.24) is 9.80 Å². The first-order valence-corrected chi connectivity index (χ1v) is 11.1. The number of amides is 1. The van der Waals surface area contributed by atoms with E-state index in [1.54, 1.807) is 41.3 Å². The minimum atomic E-state index is -0.735. The number of benzene rings is 2. The molecule has 33 heavy (non-hydrogen) atoms. The molecule has 2 aromatic carbocycles. The highest BCUT2D eigenvalue weighted by molar-refractivity contribution is 6.33. The average molecular weight is 477 g/mol. The van der Waals surface area contributed by atoms with Gasteiger partial charge in [0.1, 0.15) is 12.7 Å². The lowest BCUT2D eigenvalue weighted by Gasteiger charge is -2.24. The Morgan fingerprint density at radius 3 is 2.58 bits per heavy atom. The van der Waals surface area contributed by atoms with Crippen LogP contribution in [0.3, 0.4) is 0 Å². The minimum absolute atomic E-state index is 0.0622. The lowest BCUT2D eigenvalue weighted by atomic mass is 10.2. The molecular weight excluding hydrogens is 448 g/mol. The smallest absolute Gasteiger partial charge is 0.337 e. The summed E-state index contributed by atoms with van der Waals surface area (Å²) < 4.78 is 15.7. The van der Waals surface area contributed by atoms with E-state index in [1.165, 1.54) is 20.3 Å². The summed E-state index contributed by atoms with van der Waals surface area (Å²) >= 11 is 6.18. The Kier molecular flexibility index (Phi) is 8.94. The molecular formula is C24H29ClN2O6. The van der Waals surface area contributed by atoms with Crippen molar-refractivity contribution in [3.63, 3.8) is 0 Å². The summed E-state index contributed by atoms with van der Waals surface area (Å²) in [6, 6.07) is 11.8. The van der Waals surface area contributed by atoms with E-state index in [-0.39, 0.29) is 12.5 Å². The second-order valence-corrected chi connectivity index (χ2v) is 8.16. The van der Waals surface area contributed by atoms with Crippen LogP contribution in [0.15, 0.2) is 42.5 Å². The zero-order chi connectivity index (χ0) is 23.8. The molecule has 1 aliphatic rings. The fourth-order valence-corrected chi connectivity index (χ4v) is 3.95. The topological polar surface area (TPSA) is 88.5 Å². The van der Waals surface area contributed by atoms with Crippen molar-refractivity contribution in [3.05, 3.63) is 58.6 Å². The molecule has 0 radical (unpaired) electrons.